The maximum Gasteiger partial charge on any atom is 0.313 e. The van der Waals surface area contributed by atoms with Gasteiger partial charge in [0.15, 0.2) is 11.6 Å². The van der Waals surface area contributed by atoms with Crippen molar-refractivity contribution in [2.75, 3.05) is 19.0 Å². The summed E-state index contributed by atoms with van der Waals surface area (Å²) in [5.41, 5.74) is -0.184. The summed E-state index contributed by atoms with van der Waals surface area (Å²) in [7, 11) is 1.30. The Kier molecular flexibility index (Phi) is 3.43. The van der Waals surface area contributed by atoms with E-state index in [0.29, 0.717) is 6.54 Å². The smallest absolute Gasteiger partial charge is 0.313 e. The lowest BCUT2D eigenvalue weighted by molar-refractivity contribution is -0.385. The van der Waals surface area contributed by atoms with Crippen molar-refractivity contribution in [1.82, 2.24) is 0 Å². The molecule has 0 aliphatic rings. The van der Waals surface area contributed by atoms with E-state index in [4.69, 9.17) is 4.74 Å². The van der Waals surface area contributed by atoms with Crippen LogP contribution in [0.2, 0.25) is 0 Å². The molecule has 0 atom stereocenters. The van der Waals surface area contributed by atoms with E-state index in [1.54, 1.807) is 6.92 Å². The van der Waals surface area contributed by atoms with Crippen LogP contribution < -0.4 is 10.1 Å². The molecule has 0 spiro atoms. The topological polar surface area (TPSA) is 64.4 Å². The average molecular weight is 214 g/mol. The first-order valence-electron chi connectivity index (χ1n) is 4.36. The number of anilines is 1. The number of hydrogen-bond donors (Lipinski definition) is 1. The van der Waals surface area contributed by atoms with Crippen molar-refractivity contribution in [2.24, 2.45) is 0 Å². The number of benzene rings is 1. The Balaban J connectivity index is 3.22. The summed E-state index contributed by atoms with van der Waals surface area (Å²) in [6.45, 7) is 2.32. The zero-order chi connectivity index (χ0) is 11.4. The van der Waals surface area contributed by atoms with E-state index in [0.717, 1.165) is 6.07 Å². The van der Waals surface area contributed by atoms with Gasteiger partial charge in [-0.1, -0.05) is 0 Å². The minimum atomic E-state index is -0.683. The van der Waals surface area contributed by atoms with E-state index in [9.17, 15) is 14.5 Å². The fourth-order valence-electron chi connectivity index (χ4n) is 1.17. The van der Waals surface area contributed by atoms with Gasteiger partial charge in [-0.25, -0.2) is 4.39 Å². The molecule has 0 aromatic heterocycles. The van der Waals surface area contributed by atoms with Crippen LogP contribution in [0.3, 0.4) is 0 Å². The molecule has 0 radical (unpaired) electrons. The van der Waals surface area contributed by atoms with Gasteiger partial charge in [0.05, 0.1) is 23.8 Å². The molecule has 1 N–H and O–H groups in total. The van der Waals surface area contributed by atoms with Crippen molar-refractivity contribution in [3.05, 3.63) is 28.1 Å². The third-order valence-electron chi connectivity index (χ3n) is 1.83. The summed E-state index contributed by atoms with van der Waals surface area (Å²) in [4.78, 5) is 9.86. The number of hydrogen-bond acceptors (Lipinski definition) is 4. The summed E-state index contributed by atoms with van der Waals surface area (Å²) in [6.07, 6.45) is 0. The van der Waals surface area contributed by atoms with Crippen molar-refractivity contribution >= 4 is 11.4 Å². The molecule has 0 unspecified atom stereocenters. The molecule has 0 aliphatic heterocycles. The van der Waals surface area contributed by atoms with Crippen LogP contribution in [-0.4, -0.2) is 18.6 Å². The molecule has 15 heavy (non-hydrogen) atoms. The van der Waals surface area contributed by atoms with Gasteiger partial charge in [-0.3, -0.25) is 10.1 Å². The van der Waals surface area contributed by atoms with E-state index in [2.05, 4.69) is 5.32 Å². The lowest BCUT2D eigenvalue weighted by Crippen LogP contribution is -2.02. The number of nitro benzene ring substituents is 1. The van der Waals surface area contributed by atoms with E-state index in [-0.39, 0.29) is 17.1 Å². The molecule has 1 aromatic rings. The summed E-state index contributed by atoms with van der Waals surface area (Å²) in [6, 6.07) is 2.12. The summed E-state index contributed by atoms with van der Waals surface area (Å²) in [5.74, 6) is -0.623. The van der Waals surface area contributed by atoms with Crippen molar-refractivity contribution in [3.8, 4) is 5.75 Å². The van der Waals surface area contributed by atoms with Crippen LogP contribution in [0, 0.1) is 15.9 Å². The molecule has 0 fully saturated rings. The van der Waals surface area contributed by atoms with Gasteiger partial charge in [0.1, 0.15) is 0 Å². The zero-order valence-corrected chi connectivity index (χ0v) is 8.41. The maximum atomic E-state index is 13.3. The lowest BCUT2D eigenvalue weighted by atomic mass is 10.2. The monoisotopic (exact) mass is 214 g/mol. The van der Waals surface area contributed by atoms with Crippen LogP contribution >= 0.6 is 0 Å². The number of halogens is 1. The third-order valence-corrected chi connectivity index (χ3v) is 1.83. The second-order valence-electron chi connectivity index (χ2n) is 2.79. The van der Waals surface area contributed by atoms with E-state index in [1.165, 1.54) is 13.2 Å². The Labute approximate surface area is 86.0 Å². The quantitative estimate of drug-likeness (QED) is 0.616. The lowest BCUT2D eigenvalue weighted by Gasteiger charge is -2.07. The molecule has 0 saturated heterocycles. The highest BCUT2D eigenvalue weighted by atomic mass is 19.1. The van der Waals surface area contributed by atoms with Crippen LogP contribution in [0.1, 0.15) is 6.92 Å². The molecule has 1 aromatic carbocycles. The van der Waals surface area contributed by atoms with Crippen LogP contribution in [0.4, 0.5) is 15.8 Å². The molecule has 82 valence electrons. The minimum Gasteiger partial charge on any atom is -0.490 e. The molecule has 0 saturated carbocycles. The van der Waals surface area contributed by atoms with Gasteiger partial charge in [0.2, 0.25) is 0 Å². The summed E-state index contributed by atoms with van der Waals surface area (Å²) >= 11 is 0. The van der Waals surface area contributed by atoms with Crippen molar-refractivity contribution in [3.63, 3.8) is 0 Å². The number of nitro groups is 1. The Morgan fingerprint density at radius 1 is 1.60 bits per heavy atom. The molecule has 0 amide bonds. The molecular formula is C9H11FN2O3. The number of nitrogens with one attached hydrogen (secondary N) is 1. The minimum absolute atomic E-state index is 0.0392. The highest BCUT2D eigenvalue weighted by molar-refractivity contribution is 5.58. The predicted molar refractivity (Wildman–Crippen MR) is 53.8 cm³/mol. The second kappa shape index (κ2) is 4.59. The van der Waals surface area contributed by atoms with E-state index < -0.39 is 10.7 Å². The Morgan fingerprint density at radius 3 is 2.73 bits per heavy atom. The van der Waals surface area contributed by atoms with Crippen molar-refractivity contribution < 1.29 is 14.1 Å². The van der Waals surface area contributed by atoms with Gasteiger partial charge in [0, 0.05) is 12.6 Å². The first-order chi connectivity index (χ1) is 7.10. The van der Waals surface area contributed by atoms with E-state index in [1.807, 2.05) is 0 Å². The van der Waals surface area contributed by atoms with Gasteiger partial charge in [0.25, 0.3) is 0 Å². The fraction of sp³-hybridized carbons (Fsp3) is 0.333. The second-order valence-corrected chi connectivity index (χ2v) is 2.79. The Bertz CT molecular complexity index is 382. The van der Waals surface area contributed by atoms with Gasteiger partial charge in [-0.15, -0.1) is 0 Å². The molecule has 0 heterocycles. The normalized spacial score (nSPS) is 9.80. The van der Waals surface area contributed by atoms with Gasteiger partial charge < -0.3 is 10.1 Å². The fourth-order valence-corrected chi connectivity index (χ4v) is 1.17. The third kappa shape index (κ3) is 2.34. The van der Waals surface area contributed by atoms with Crippen LogP contribution in [0.5, 0.6) is 5.75 Å². The predicted octanol–water partition coefficient (Wildman–Crippen LogP) is 2.17. The molecular weight excluding hydrogens is 203 g/mol. The molecule has 1 rings (SSSR count). The molecule has 0 aliphatic carbocycles. The summed E-state index contributed by atoms with van der Waals surface area (Å²) in [5, 5.41) is 13.3. The molecule has 6 heteroatoms. The first kappa shape index (κ1) is 11.2. The van der Waals surface area contributed by atoms with Crippen molar-refractivity contribution in [2.45, 2.75) is 6.92 Å². The molecule has 5 nitrogen and oxygen atoms in total. The zero-order valence-electron chi connectivity index (χ0n) is 8.41. The molecule has 0 bridgehead atoms. The maximum absolute atomic E-state index is 13.3. The van der Waals surface area contributed by atoms with Crippen molar-refractivity contribution in [1.29, 1.82) is 0 Å². The number of nitrogens with zero attached hydrogens (tertiary/aromatic N) is 1. The Hall–Kier alpha value is -1.85. The number of methoxy groups -OCH3 is 1. The highest BCUT2D eigenvalue weighted by Crippen LogP contribution is 2.31. The standard InChI is InChI=1S/C9H11FN2O3/c1-3-11-7-5-9(15-2)8(12(13)14)4-6(7)10/h4-5,11H,3H2,1-2H3. The van der Waals surface area contributed by atoms with E-state index >= 15 is 0 Å². The number of ether oxygens (including phenoxy) is 1. The first-order valence-corrected chi connectivity index (χ1v) is 4.36. The largest absolute Gasteiger partial charge is 0.490 e. The number of rotatable bonds is 4. The Morgan fingerprint density at radius 2 is 2.27 bits per heavy atom. The SMILES string of the molecule is CCNc1cc(OC)c([N+](=O)[O-])cc1F. The van der Waals surface area contributed by atoms with Crippen LogP contribution in [0.15, 0.2) is 12.1 Å². The highest BCUT2D eigenvalue weighted by Gasteiger charge is 2.18. The van der Waals surface area contributed by atoms with Crippen LogP contribution in [0.25, 0.3) is 0 Å². The van der Waals surface area contributed by atoms with Gasteiger partial charge in [-0.05, 0) is 6.92 Å². The van der Waals surface area contributed by atoms with Crippen LogP contribution in [-0.2, 0) is 0 Å². The van der Waals surface area contributed by atoms with Gasteiger partial charge >= 0.3 is 5.69 Å². The summed E-state index contributed by atoms with van der Waals surface area (Å²) < 4.78 is 18.1. The van der Waals surface area contributed by atoms with Gasteiger partial charge in [-0.2, -0.15) is 0 Å². The average Bonchev–Trinajstić information content (AvgIpc) is 2.20.